The molecule has 0 amide bonds. The summed E-state index contributed by atoms with van der Waals surface area (Å²) in [5, 5.41) is 0.263. The molecule has 0 saturated carbocycles. The van der Waals surface area contributed by atoms with Crippen LogP contribution in [0.5, 0.6) is 0 Å². The van der Waals surface area contributed by atoms with Crippen LogP contribution in [-0.2, 0) is 0 Å². The zero-order valence-corrected chi connectivity index (χ0v) is 11.9. The van der Waals surface area contributed by atoms with Gasteiger partial charge in [0.1, 0.15) is 5.82 Å². The minimum Gasteiger partial charge on any atom is -0.285 e. The molecule has 3 rings (SSSR count). The quantitative estimate of drug-likeness (QED) is 0.530. The van der Waals surface area contributed by atoms with E-state index in [-0.39, 0.29) is 16.8 Å². The molecule has 0 aliphatic heterocycles. The lowest BCUT2D eigenvalue weighted by molar-refractivity contribution is 0.102. The second-order valence-electron chi connectivity index (χ2n) is 4.25. The average Bonchev–Trinajstić information content (AvgIpc) is 2.80. The monoisotopic (exact) mass is 306 g/mol. The topological polar surface area (TPSA) is 42.9 Å². The van der Waals surface area contributed by atoms with E-state index in [0.717, 1.165) is 9.58 Å². The van der Waals surface area contributed by atoms with Gasteiger partial charge in [-0.05, 0) is 37.3 Å². The molecule has 0 N–H and O–H groups in total. The Morgan fingerprint density at radius 1 is 1.25 bits per heavy atom. The van der Waals surface area contributed by atoms with Crippen LogP contribution >= 0.6 is 22.9 Å². The van der Waals surface area contributed by atoms with Crippen molar-refractivity contribution in [3.8, 4) is 0 Å². The Bertz CT molecular complexity index is 814. The van der Waals surface area contributed by atoms with Crippen molar-refractivity contribution in [2.24, 2.45) is 0 Å². The molecule has 0 saturated heterocycles. The Hall–Kier alpha value is -1.85. The maximum atomic E-state index is 12.9. The highest BCUT2D eigenvalue weighted by molar-refractivity contribution is 7.19. The molecule has 100 valence electrons. The van der Waals surface area contributed by atoms with Gasteiger partial charge in [-0.2, -0.15) is 0 Å². The van der Waals surface area contributed by atoms with Crippen LogP contribution in [-0.4, -0.2) is 15.8 Å². The van der Waals surface area contributed by atoms with Crippen LogP contribution in [0.4, 0.5) is 4.39 Å². The van der Waals surface area contributed by atoms with Crippen molar-refractivity contribution in [3.05, 3.63) is 57.6 Å². The number of carbonyl (C=O) groups excluding carboxylic acids is 1. The van der Waals surface area contributed by atoms with Gasteiger partial charge in [0, 0.05) is 10.4 Å². The van der Waals surface area contributed by atoms with Crippen molar-refractivity contribution in [2.45, 2.75) is 6.92 Å². The molecule has 0 unspecified atom stereocenters. The third-order valence-electron chi connectivity index (χ3n) is 2.76. The fraction of sp³-hybridized carbons (Fsp3) is 0.0714. The van der Waals surface area contributed by atoms with E-state index in [1.54, 1.807) is 0 Å². The van der Waals surface area contributed by atoms with Gasteiger partial charge in [0.2, 0.25) is 11.6 Å². The van der Waals surface area contributed by atoms with Crippen LogP contribution < -0.4 is 0 Å². The second-order valence-corrected chi connectivity index (χ2v) is 5.86. The third-order valence-corrected chi connectivity index (χ3v) is 4.19. The molecule has 1 aromatic carbocycles. The maximum Gasteiger partial charge on any atom is 0.230 e. The largest absolute Gasteiger partial charge is 0.285 e. The number of aryl methyl sites for hydroxylation is 1. The lowest BCUT2D eigenvalue weighted by Gasteiger charge is -2.01. The standard InChI is InChI=1S/C14H8ClFN2OS/c1-7-6-10-12(20-7)13(15)18-14(17-10)11(19)8-2-4-9(16)5-3-8/h2-6H,1H3. The number of aromatic nitrogens is 2. The van der Waals surface area contributed by atoms with Gasteiger partial charge in [0.05, 0.1) is 10.2 Å². The van der Waals surface area contributed by atoms with E-state index in [1.807, 2.05) is 13.0 Å². The average molecular weight is 307 g/mol. The molecule has 0 fully saturated rings. The molecule has 2 heterocycles. The Kier molecular flexibility index (Phi) is 3.23. The maximum absolute atomic E-state index is 12.9. The number of hydrogen-bond donors (Lipinski definition) is 0. The Morgan fingerprint density at radius 2 is 1.95 bits per heavy atom. The van der Waals surface area contributed by atoms with Crippen LogP contribution in [0.1, 0.15) is 21.1 Å². The summed E-state index contributed by atoms with van der Waals surface area (Å²) in [5.74, 6) is -0.756. The van der Waals surface area contributed by atoms with Crippen LogP contribution in [0, 0.1) is 12.7 Å². The van der Waals surface area contributed by atoms with Crippen molar-refractivity contribution in [2.75, 3.05) is 0 Å². The number of benzene rings is 1. The van der Waals surface area contributed by atoms with Crippen LogP contribution in [0.3, 0.4) is 0 Å². The smallest absolute Gasteiger partial charge is 0.230 e. The zero-order valence-electron chi connectivity index (χ0n) is 10.4. The van der Waals surface area contributed by atoms with Crippen LogP contribution in [0.25, 0.3) is 10.2 Å². The minimum atomic E-state index is -0.399. The predicted molar refractivity (Wildman–Crippen MR) is 77.0 cm³/mol. The first-order valence-corrected chi connectivity index (χ1v) is 6.98. The Labute approximate surface area is 123 Å². The zero-order chi connectivity index (χ0) is 14.3. The number of thiophene rings is 1. The highest BCUT2D eigenvalue weighted by Gasteiger charge is 2.16. The van der Waals surface area contributed by atoms with E-state index in [9.17, 15) is 9.18 Å². The third kappa shape index (κ3) is 2.30. The van der Waals surface area contributed by atoms with Crippen molar-refractivity contribution in [1.82, 2.24) is 9.97 Å². The summed E-state index contributed by atoms with van der Waals surface area (Å²) >= 11 is 7.56. The highest BCUT2D eigenvalue weighted by atomic mass is 35.5. The summed E-state index contributed by atoms with van der Waals surface area (Å²) in [6, 6.07) is 7.11. The van der Waals surface area contributed by atoms with Gasteiger partial charge in [-0.1, -0.05) is 11.6 Å². The summed E-state index contributed by atoms with van der Waals surface area (Å²) in [4.78, 5) is 21.6. The Balaban J connectivity index is 2.09. The fourth-order valence-electron chi connectivity index (χ4n) is 1.85. The van der Waals surface area contributed by atoms with E-state index >= 15 is 0 Å². The normalized spacial score (nSPS) is 10.9. The first-order chi connectivity index (χ1) is 9.54. The summed E-state index contributed by atoms with van der Waals surface area (Å²) in [7, 11) is 0. The van der Waals surface area contributed by atoms with Crippen LogP contribution in [0.2, 0.25) is 5.15 Å². The van der Waals surface area contributed by atoms with Gasteiger partial charge in [0.25, 0.3) is 0 Å². The molecule has 6 heteroatoms. The number of nitrogens with zero attached hydrogens (tertiary/aromatic N) is 2. The number of halogens is 2. The molecule has 0 aliphatic rings. The molecule has 3 aromatic rings. The molecular weight excluding hydrogens is 299 g/mol. The Morgan fingerprint density at radius 3 is 2.65 bits per heavy atom. The summed E-state index contributed by atoms with van der Waals surface area (Å²) in [5.41, 5.74) is 0.978. The second kappa shape index (κ2) is 4.92. The van der Waals surface area contributed by atoms with Gasteiger partial charge in [-0.15, -0.1) is 11.3 Å². The number of fused-ring (bicyclic) bond motifs is 1. The highest BCUT2D eigenvalue weighted by Crippen LogP contribution is 2.29. The van der Waals surface area contributed by atoms with E-state index in [1.165, 1.54) is 35.6 Å². The van der Waals surface area contributed by atoms with Gasteiger partial charge in [-0.3, -0.25) is 4.79 Å². The van der Waals surface area contributed by atoms with Crippen molar-refractivity contribution in [3.63, 3.8) is 0 Å². The number of carbonyl (C=O) groups is 1. The van der Waals surface area contributed by atoms with Gasteiger partial charge in [-0.25, -0.2) is 14.4 Å². The molecule has 3 nitrogen and oxygen atoms in total. The summed E-state index contributed by atoms with van der Waals surface area (Å²) in [6.07, 6.45) is 0. The predicted octanol–water partition coefficient (Wildman–Crippen LogP) is 4.02. The molecule has 20 heavy (non-hydrogen) atoms. The molecule has 0 atom stereocenters. The molecule has 0 radical (unpaired) electrons. The molecular formula is C14H8ClFN2OS. The first kappa shape index (κ1) is 13.1. The van der Waals surface area contributed by atoms with E-state index in [2.05, 4.69) is 9.97 Å². The van der Waals surface area contributed by atoms with Crippen molar-refractivity contribution < 1.29 is 9.18 Å². The van der Waals surface area contributed by atoms with Crippen LogP contribution in [0.15, 0.2) is 30.3 Å². The molecule has 0 spiro atoms. The lowest BCUT2D eigenvalue weighted by atomic mass is 10.1. The van der Waals surface area contributed by atoms with E-state index < -0.39 is 5.82 Å². The SMILES string of the molecule is Cc1cc2nc(C(=O)c3ccc(F)cc3)nc(Cl)c2s1. The van der Waals surface area contributed by atoms with Crippen molar-refractivity contribution in [1.29, 1.82) is 0 Å². The van der Waals surface area contributed by atoms with Gasteiger partial charge < -0.3 is 0 Å². The summed E-state index contributed by atoms with van der Waals surface area (Å²) in [6.45, 7) is 1.93. The van der Waals surface area contributed by atoms with Gasteiger partial charge >= 0.3 is 0 Å². The molecule has 0 bridgehead atoms. The molecule has 0 aliphatic carbocycles. The lowest BCUT2D eigenvalue weighted by Crippen LogP contribution is -2.07. The van der Waals surface area contributed by atoms with Crippen molar-refractivity contribution >= 4 is 38.9 Å². The van der Waals surface area contributed by atoms with Gasteiger partial charge in [0.15, 0.2) is 5.15 Å². The summed E-state index contributed by atoms with van der Waals surface area (Å²) < 4.78 is 13.6. The van der Waals surface area contributed by atoms with E-state index in [0.29, 0.717) is 11.1 Å². The fourth-order valence-corrected chi connectivity index (χ4v) is 2.97. The number of rotatable bonds is 2. The number of ketones is 1. The molecule has 2 aromatic heterocycles. The first-order valence-electron chi connectivity index (χ1n) is 5.78. The minimum absolute atomic E-state index is 0.0203. The number of hydrogen-bond acceptors (Lipinski definition) is 4. The van der Waals surface area contributed by atoms with E-state index in [4.69, 9.17) is 11.6 Å².